The Hall–Kier alpha value is -3.73. The molecule has 0 aliphatic carbocycles. The molecule has 4 N–H and O–H groups in total. The summed E-state index contributed by atoms with van der Waals surface area (Å²) in [6.07, 6.45) is -0.741. The number of alkyl carbamates (subject to hydrolysis) is 1. The zero-order valence-corrected chi connectivity index (χ0v) is 26.0. The molecule has 0 saturated heterocycles. The van der Waals surface area contributed by atoms with Crippen molar-refractivity contribution in [3.63, 3.8) is 0 Å². The third-order valence-corrected chi connectivity index (χ3v) is 7.17. The Morgan fingerprint density at radius 3 is 2.00 bits per heavy atom. The van der Waals surface area contributed by atoms with Gasteiger partial charge in [0.1, 0.15) is 6.04 Å². The van der Waals surface area contributed by atoms with Gasteiger partial charge in [0, 0.05) is 24.0 Å². The third kappa shape index (κ3) is 9.97. The van der Waals surface area contributed by atoms with Crippen LogP contribution >= 0.6 is 15.9 Å². The molecule has 0 radical (unpaired) electrons. The Kier molecular flexibility index (Phi) is 11.7. The van der Waals surface area contributed by atoms with Gasteiger partial charge in [-0.05, 0) is 34.2 Å². The maximum Gasteiger partial charge on any atom is 0.407 e. The van der Waals surface area contributed by atoms with E-state index in [0.29, 0.717) is 0 Å². The highest BCUT2D eigenvalue weighted by molar-refractivity contribution is 9.10. The first-order chi connectivity index (χ1) is 19.9. The van der Waals surface area contributed by atoms with Crippen LogP contribution in [0.4, 0.5) is 4.79 Å². The molecular weight excluding hydrogens is 600 g/mol. The van der Waals surface area contributed by atoms with Crippen LogP contribution in [0.1, 0.15) is 37.5 Å². The summed E-state index contributed by atoms with van der Waals surface area (Å²) in [4.78, 5) is 39.3. The lowest BCUT2D eigenvalue weighted by Gasteiger charge is -2.36. The van der Waals surface area contributed by atoms with Crippen molar-refractivity contribution < 1.29 is 24.2 Å². The van der Waals surface area contributed by atoms with Gasteiger partial charge in [-0.1, -0.05) is 109 Å². The van der Waals surface area contributed by atoms with Crippen LogP contribution in [0.25, 0.3) is 0 Å². The van der Waals surface area contributed by atoms with Crippen LogP contribution in [-0.4, -0.2) is 53.3 Å². The fraction of sp³-hybridized carbons (Fsp3) is 0.344. The zero-order valence-electron chi connectivity index (χ0n) is 24.4. The highest BCUT2D eigenvalue weighted by Crippen LogP contribution is 2.22. The van der Waals surface area contributed by atoms with Crippen LogP contribution in [-0.2, 0) is 33.8 Å². The van der Waals surface area contributed by atoms with Crippen LogP contribution < -0.4 is 16.1 Å². The number of rotatable bonds is 12. The highest BCUT2D eigenvalue weighted by Gasteiger charge is 2.40. The number of aliphatic hydroxyl groups is 1. The number of nitrogens with one attached hydrogen (secondary N) is 3. The molecule has 0 spiro atoms. The number of carbonyl (C=O) groups is 3. The van der Waals surface area contributed by atoms with E-state index in [1.807, 2.05) is 106 Å². The van der Waals surface area contributed by atoms with E-state index in [-0.39, 0.29) is 26.1 Å². The molecule has 3 aromatic rings. The Morgan fingerprint density at radius 2 is 1.45 bits per heavy atom. The summed E-state index contributed by atoms with van der Waals surface area (Å²) in [6.45, 7) is 5.61. The third-order valence-electron chi connectivity index (χ3n) is 6.64. The van der Waals surface area contributed by atoms with Crippen molar-refractivity contribution in [1.82, 2.24) is 21.1 Å². The second-order valence-electron chi connectivity index (χ2n) is 11.3. The van der Waals surface area contributed by atoms with Crippen LogP contribution in [0.5, 0.6) is 0 Å². The van der Waals surface area contributed by atoms with E-state index in [1.54, 1.807) is 0 Å². The molecule has 0 aliphatic heterocycles. The van der Waals surface area contributed by atoms with Crippen LogP contribution in [0.15, 0.2) is 89.4 Å². The normalized spacial score (nSPS) is 13.5. The lowest BCUT2D eigenvalue weighted by molar-refractivity contribution is -0.146. The summed E-state index contributed by atoms with van der Waals surface area (Å²) in [5, 5.41) is 19.0. The molecule has 0 fully saturated rings. The zero-order chi connectivity index (χ0) is 30.8. The number of amides is 3. The average Bonchev–Trinajstić information content (AvgIpc) is 2.95. The number of nitrogens with zero attached hydrogens (tertiary/aromatic N) is 1. The molecule has 42 heavy (non-hydrogen) atoms. The van der Waals surface area contributed by atoms with Crippen molar-refractivity contribution in [3.8, 4) is 0 Å². The molecule has 10 heteroatoms. The Labute approximate surface area is 255 Å². The molecule has 3 rings (SSSR count). The molecule has 9 nitrogen and oxygen atoms in total. The second-order valence-corrected chi connectivity index (χ2v) is 12.2. The van der Waals surface area contributed by atoms with Gasteiger partial charge in [-0.25, -0.2) is 9.80 Å². The number of methoxy groups -OCH3 is 1. The molecule has 0 aromatic heterocycles. The first-order valence-electron chi connectivity index (χ1n) is 13.6. The van der Waals surface area contributed by atoms with Crippen molar-refractivity contribution in [3.05, 3.63) is 106 Å². The predicted molar refractivity (Wildman–Crippen MR) is 165 cm³/mol. The molecule has 2 atom stereocenters. The summed E-state index contributed by atoms with van der Waals surface area (Å²) in [5.41, 5.74) is 2.73. The first kappa shape index (κ1) is 32.8. The number of hydrogen-bond acceptors (Lipinski definition) is 6. The average molecular weight is 640 g/mol. The molecule has 0 bridgehead atoms. The lowest BCUT2D eigenvalue weighted by Crippen LogP contribution is -2.61. The van der Waals surface area contributed by atoms with Crippen molar-refractivity contribution >= 4 is 33.8 Å². The molecule has 0 aliphatic rings. The summed E-state index contributed by atoms with van der Waals surface area (Å²) in [5.74, 6) is -1.10. The monoisotopic (exact) mass is 638 g/mol. The van der Waals surface area contributed by atoms with Crippen LogP contribution in [0, 0.1) is 5.41 Å². The van der Waals surface area contributed by atoms with E-state index in [1.165, 1.54) is 12.1 Å². The molecule has 0 heterocycles. The first-order valence-corrected chi connectivity index (χ1v) is 14.4. The highest BCUT2D eigenvalue weighted by atomic mass is 79.9. The van der Waals surface area contributed by atoms with Crippen molar-refractivity contribution in [2.24, 2.45) is 5.41 Å². The van der Waals surface area contributed by atoms with Gasteiger partial charge < -0.3 is 20.5 Å². The Bertz CT molecular complexity index is 1320. The van der Waals surface area contributed by atoms with Gasteiger partial charge in [-0.2, -0.15) is 0 Å². The van der Waals surface area contributed by atoms with Gasteiger partial charge in [0.05, 0.1) is 13.7 Å². The summed E-state index contributed by atoms with van der Waals surface area (Å²) in [7, 11) is 1.23. The van der Waals surface area contributed by atoms with Crippen molar-refractivity contribution in [2.45, 2.75) is 51.9 Å². The van der Waals surface area contributed by atoms with E-state index in [4.69, 9.17) is 4.74 Å². The molecule has 3 amide bonds. The van der Waals surface area contributed by atoms with Crippen molar-refractivity contribution in [1.29, 1.82) is 0 Å². The maximum atomic E-state index is 13.7. The number of hydrogen-bond donors (Lipinski definition) is 4. The summed E-state index contributed by atoms with van der Waals surface area (Å²) < 4.78 is 5.63. The van der Waals surface area contributed by atoms with Gasteiger partial charge in [-0.15, -0.1) is 0 Å². The summed E-state index contributed by atoms with van der Waals surface area (Å²) >= 11 is 3.44. The Morgan fingerprint density at radius 1 is 0.881 bits per heavy atom. The largest absolute Gasteiger partial charge is 0.453 e. The van der Waals surface area contributed by atoms with Gasteiger partial charge >= 0.3 is 6.09 Å². The standard InChI is InChI=1S/C32H39BrN4O5/c1-31(2,3)27(35-30(40)42-4)28(38)36-37(21-25-15-17-26(33)18-16-25)22-32(41,19-23-11-7-5-8-12-23)29(39)34-20-24-13-9-6-10-14-24/h5-18,27,41H,19-22H2,1-4H3,(H,34,39)(H,35,40)(H,36,38)/t27-,32+/m1/s1. The van der Waals surface area contributed by atoms with Crippen LogP contribution in [0.2, 0.25) is 0 Å². The van der Waals surface area contributed by atoms with E-state index >= 15 is 0 Å². The maximum absolute atomic E-state index is 13.7. The van der Waals surface area contributed by atoms with E-state index in [9.17, 15) is 19.5 Å². The van der Waals surface area contributed by atoms with Gasteiger partial charge in [-0.3, -0.25) is 15.0 Å². The number of halogens is 1. The minimum atomic E-state index is -1.92. The number of benzene rings is 3. The summed E-state index contributed by atoms with van der Waals surface area (Å²) in [6, 6.07) is 25.2. The van der Waals surface area contributed by atoms with E-state index in [2.05, 4.69) is 32.0 Å². The number of hydrazine groups is 1. The van der Waals surface area contributed by atoms with Gasteiger partial charge in [0.15, 0.2) is 5.60 Å². The molecular formula is C32H39BrN4O5. The van der Waals surface area contributed by atoms with Crippen LogP contribution in [0.3, 0.4) is 0 Å². The fourth-order valence-electron chi connectivity index (χ4n) is 4.42. The minimum absolute atomic E-state index is 0.00425. The number of carbonyl (C=O) groups excluding carboxylic acids is 3. The second kappa shape index (κ2) is 14.9. The molecule has 0 unspecified atom stereocenters. The van der Waals surface area contributed by atoms with E-state index < -0.39 is 35.0 Å². The fourth-order valence-corrected chi connectivity index (χ4v) is 4.68. The lowest BCUT2D eigenvalue weighted by atomic mass is 9.86. The SMILES string of the molecule is COC(=O)N[C@H](C(=O)NN(Cc1ccc(Br)cc1)C[C@@](O)(Cc1ccccc1)C(=O)NCc1ccccc1)C(C)(C)C. The Balaban J connectivity index is 1.93. The predicted octanol–water partition coefficient (Wildman–Crippen LogP) is 4.34. The quantitative estimate of drug-likeness (QED) is 0.219. The van der Waals surface area contributed by atoms with Gasteiger partial charge in [0.25, 0.3) is 11.8 Å². The topological polar surface area (TPSA) is 120 Å². The molecule has 224 valence electrons. The minimum Gasteiger partial charge on any atom is -0.453 e. The smallest absolute Gasteiger partial charge is 0.407 e. The number of ether oxygens (including phenoxy) is 1. The van der Waals surface area contributed by atoms with Gasteiger partial charge in [0.2, 0.25) is 0 Å². The molecule has 3 aromatic carbocycles. The van der Waals surface area contributed by atoms with E-state index in [0.717, 1.165) is 21.2 Å². The van der Waals surface area contributed by atoms with Crippen molar-refractivity contribution in [2.75, 3.05) is 13.7 Å². The molecule has 0 saturated carbocycles.